The molecule has 2 aromatic carbocycles. The van der Waals surface area contributed by atoms with Crippen LogP contribution in [0.25, 0.3) is 0 Å². The average Bonchev–Trinajstić information content (AvgIpc) is 2.80. The van der Waals surface area contributed by atoms with E-state index in [1.54, 1.807) is 37.3 Å². The van der Waals surface area contributed by atoms with Crippen molar-refractivity contribution >= 4 is 39.1 Å². The van der Waals surface area contributed by atoms with Gasteiger partial charge in [-0.05, 0) is 36.1 Å². The summed E-state index contributed by atoms with van der Waals surface area (Å²) in [5.41, 5.74) is -0.902. The van der Waals surface area contributed by atoms with Crippen LogP contribution in [-0.4, -0.2) is 50.5 Å². The van der Waals surface area contributed by atoms with Crippen molar-refractivity contribution in [3.63, 3.8) is 0 Å². The second kappa shape index (κ2) is 12.6. The Morgan fingerprint density at radius 2 is 1.70 bits per heavy atom. The third-order valence-electron chi connectivity index (χ3n) is 5.49. The summed E-state index contributed by atoms with van der Waals surface area (Å²) in [5, 5.41) is 2.19. The molecule has 2 amide bonds. The number of rotatable bonds is 11. The Balaban J connectivity index is 2.48. The number of anilines is 1. The van der Waals surface area contributed by atoms with Crippen LogP contribution in [-0.2, 0) is 32.3 Å². The van der Waals surface area contributed by atoms with E-state index in [2.05, 4.69) is 5.32 Å². The third kappa shape index (κ3) is 8.63. The van der Waals surface area contributed by atoms with E-state index in [9.17, 15) is 31.2 Å². The zero-order valence-electron chi connectivity index (χ0n) is 21.0. The number of alkyl halides is 3. The van der Waals surface area contributed by atoms with Gasteiger partial charge in [0.05, 0.1) is 22.5 Å². The second-order valence-electron chi connectivity index (χ2n) is 9.00. The van der Waals surface area contributed by atoms with Gasteiger partial charge in [-0.1, -0.05) is 62.7 Å². The Morgan fingerprint density at radius 1 is 1.08 bits per heavy atom. The smallest absolute Gasteiger partial charge is 0.354 e. The normalized spacial score (nSPS) is 12.8. The fourth-order valence-corrected chi connectivity index (χ4v) is 4.69. The lowest BCUT2D eigenvalue weighted by Gasteiger charge is -2.33. The van der Waals surface area contributed by atoms with Crippen molar-refractivity contribution in [3.05, 3.63) is 64.7 Å². The van der Waals surface area contributed by atoms with Gasteiger partial charge in [0.2, 0.25) is 21.8 Å². The first-order valence-corrected chi connectivity index (χ1v) is 13.8. The van der Waals surface area contributed by atoms with Gasteiger partial charge in [-0.3, -0.25) is 13.9 Å². The third-order valence-corrected chi connectivity index (χ3v) is 6.96. The van der Waals surface area contributed by atoms with Crippen molar-refractivity contribution in [2.24, 2.45) is 5.92 Å². The van der Waals surface area contributed by atoms with Gasteiger partial charge >= 0.3 is 6.18 Å². The molecule has 0 aliphatic rings. The molecule has 2 rings (SSSR count). The summed E-state index contributed by atoms with van der Waals surface area (Å²) in [7, 11) is -4.19. The molecule has 204 valence electrons. The van der Waals surface area contributed by atoms with Crippen LogP contribution in [0.1, 0.15) is 38.3 Å². The molecule has 1 atom stereocenters. The van der Waals surface area contributed by atoms with Crippen molar-refractivity contribution in [3.8, 4) is 0 Å². The van der Waals surface area contributed by atoms with Gasteiger partial charge in [-0.15, -0.1) is 0 Å². The van der Waals surface area contributed by atoms with Crippen molar-refractivity contribution in [2.75, 3.05) is 23.7 Å². The van der Waals surface area contributed by atoms with Crippen LogP contribution in [0.15, 0.2) is 48.5 Å². The quantitative estimate of drug-likeness (QED) is 0.431. The molecule has 0 unspecified atom stereocenters. The molecule has 12 heteroatoms. The predicted octanol–water partition coefficient (Wildman–Crippen LogP) is 4.70. The molecular formula is C25H31ClF3N3O4S. The molecule has 37 heavy (non-hydrogen) atoms. The number of hydrogen-bond acceptors (Lipinski definition) is 4. The second-order valence-corrected chi connectivity index (χ2v) is 11.3. The van der Waals surface area contributed by atoms with Crippen LogP contribution < -0.4 is 9.62 Å². The van der Waals surface area contributed by atoms with Gasteiger partial charge < -0.3 is 10.2 Å². The summed E-state index contributed by atoms with van der Waals surface area (Å²) < 4.78 is 66.1. The van der Waals surface area contributed by atoms with Crippen molar-refractivity contribution in [1.29, 1.82) is 0 Å². The fourth-order valence-electron chi connectivity index (χ4n) is 3.62. The SMILES string of the molecule is CC[C@@H](C(=O)NCC(C)C)N(Cc1ccccc1)C(=O)CN(c1ccc(Cl)c(C(F)(F)F)c1)S(C)(=O)=O. The van der Waals surface area contributed by atoms with E-state index in [1.165, 1.54) is 4.90 Å². The van der Waals surface area contributed by atoms with E-state index >= 15 is 0 Å². The molecule has 0 saturated heterocycles. The molecule has 0 heterocycles. The summed E-state index contributed by atoms with van der Waals surface area (Å²) in [4.78, 5) is 27.8. The summed E-state index contributed by atoms with van der Waals surface area (Å²) in [6.45, 7) is 5.12. The maximum absolute atomic E-state index is 13.6. The largest absolute Gasteiger partial charge is 0.417 e. The summed E-state index contributed by atoms with van der Waals surface area (Å²) in [5.74, 6) is -0.991. The van der Waals surface area contributed by atoms with Crippen molar-refractivity contribution < 1.29 is 31.2 Å². The van der Waals surface area contributed by atoms with Gasteiger partial charge in [-0.2, -0.15) is 13.2 Å². The van der Waals surface area contributed by atoms with Gasteiger partial charge in [0.15, 0.2) is 0 Å². The van der Waals surface area contributed by atoms with Crippen LogP contribution in [0.3, 0.4) is 0 Å². The highest BCUT2D eigenvalue weighted by Crippen LogP contribution is 2.37. The Morgan fingerprint density at radius 3 is 2.22 bits per heavy atom. The molecule has 7 nitrogen and oxygen atoms in total. The molecule has 0 bridgehead atoms. The molecule has 0 aromatic heterocycles. The van der Waals surface area contributed by atoms with E-state index in [1.807, 2.05) is 13.8 Å². The predicted molar refractivity (Wildman–Crippen MR) is 138 cm³/mol. The van der Waals surface area contributed by atoms with Gasteiger partial charge in [-0.25, -0.2) is 8.42 Å². The lowest BCUT2D eigenvalue weighted by atomic mass is 10.1. The Labute approximate surface area is 220 Å². The summed E-state index contributed by atoms with van der Waals surface area (Å²) in [6.07, 6.45) is -3.81. The molecule has 0 saturated carbocycles. The molecule has 0 aliphatic carbocycles. The van der Waals surface area contributed by atoms with E-state index in [4.69, 9.17) is 11.6 Å². The number of sulfonamides is 1. The highest BCUT2D eigenvalue weighted by Gasteiger charge is 2.36. The number of amides is 2. The van der Waals surface area contributed by atoms with Gasteiger partial charge in [0.25, 0.3) is 0 Å². The molecule has 0 spiro atoms. The molecule has 1 N–H and O–H groups in total. The minimum Gasteiger partial charge on any atom is -0.354 e. The maximum atomic E-state index is 13.6. The highest BCUT2D eigenvalue weighted by molar-refractivity contribution is 7.92. The van der Waals surface area contributed by atoms with Crippen LogP contribution in [0.2, 0.25) is 5.02 Å². The lowest BCUT2D eigenvalue weighted by Crippen LogP contribution is -2.52. The minimum absolute atomic E-state index is 0.000695. The van der Waals surface area contributed by atoms with E-state index < -0.39 is 51.2 Å². The number of halogens is 4. The first-order chi connectivity index (χ1) is 17.1. The summed E-state index contributed by atoms with van der Waals surface area (Å²) >= 11 is 5.69. The van der Waals surface area contributed by atoms with Gasteiger partial charge in [0, 0.05) is 13.1 Å². The van der Waals surface area contributed by atoms with Crippen LogP contribution in [0, 0.1) is 5.92 Å². The average molecular weight is 562 g/mol. The van der Waals surface area contributed by atoms with E-state index in [0.29, 0.717) is 22.5 Å². The number of nitrogens with one attached hydrogen (secondary N) is 1. The van der Waals surface area contributed by atoms with E-state index in [-0.39, 0.29) is 24.6 Å². The van der Waals surface area contributed by atoms with Crippen LogP contribution in [0.5, 0.6) is 0 Å². The zero-order chi connectivity index (χ0) is 28.0. The number of carbonyl (C=O) groups excluding carboxylic acids is 2. The minimum atomic E-state index is -4.83. The number of hydrogen-bond donors (Lipinski definition) is 1. The topological polar surface area (TPSA) is 86.8 Å². The number of benzene rings is 2. The monoisotopic (exact) mass is 561 g/mol. The zero-order valence-corrected chi connectivity index (χ0v) is 22.6. The van der Waals surface area contributed by atoms with E-state index in [0.717, 1.165) is 18.4 Å². The van der Waals surface area contributed by atoms with Gasteiger partial charge in [0.1, 0.15) is 12.6 Å². The first-order valence-electron chi connectivity index (χ1n) is 11.6. The van der Waals surface area contributed by atoms with Crippen LogP contribution >= 0.6 is 11.6 Å². The number of carbonyl (C=O) groups is 2. The summed E-state index contributed by atoms with van der Waals surface area (Å²) in [6, 6.07) is 10.5. The standard InChI is InChI=1S/C25H31ClF3N3O4S/c1-5-22(24(34)30-14-17(2)3)31(15-18-9-7-6-8-10-18)23(33)16-32(37(4,35)36)19-11-12-21(26)20(13-19)25(27,28)29/h6-13,17,22H,5,14-16H2,1-4H3,(H,30,34)/t22-/m0/s1. The molecule has 0 aliphatic heterocycles. The maximum Gasteiger partial charge on any atom is 0.417 e. The molecule has 0 fully saturated rings. The van der Waals surface area contributed by atoms with Crippen molar-refractivity contribution in [1.82, 2.24) is 10.2 Å². The number of nitrogens with zero attached hydrogens (tertiary/aromatic N) is 2. The van der Waals surface area contributed by atoms with Crippen LogP contribution in [0.4, 0.5) is 18.9 Å². The molecule has 2 aromatic rings. The Bertz CT molecular complexity index is 1190. The fraction of sp³-hybridized carbons (Fsp3) is 0.440. The Hall–Kier alpha value is -2.79. The molecule has 0 radical (unpaired) electrons. The first kappa shape index (κ1) is 30.4. The van der Waals surface area contributed by atoms with Crippen molar-refractivity contribution in [2.45, 2.75) is 46.0 Å². The Kier molecular flexibility index (Phi) is 10.4. The highest BCUT2D eigenvalue weighted by atomic mass is 35.5. The molecular weight excluding hydrogens is 531 g/mol. The lowest BCUT2D eigenvalue weighted by molar-refractivity contribution is -0.140.